The van der Waals surface area contributed by atoms with Gasteiger partial charge in [0.05, 0.1) is 18.8 Å². The van der Waals surface area contributed by atoms with Crippen molar-refractivity contribution < 1.29 is 9.53 Å². The second kappa shape index (κ2) is 8.95. The van der Waals surface area contributed by atoms with Crippen molar-refractivity contribution in [2.24, 2.45) is 0 Å². The quantitative estimate of drug-likeness (QED) is 0.629. The molecule has 1 amide bonds. The Morgan fingerprint density at radius 2 is 1.90 bits per heavy atom. The molecule has 6 nitrogen and oxygen atoms in total. The zero-order chi connectivity index (χ0) is 20.9. The van der Waals surface area contributed by atoms with Crippen molar-refractivity contribution in [2.45, 2.75) is 37.6 Å². The van der Waals surface area contributed by atoms with E-state index in [1.54, 1.807) is 19.2 Å². The van der Waals surface area contributed by atoms with Crippen LogP contribution in [0.5, 0.6) is 5.75 Å². The third-order valence-electron chi connectivity index (χ3n) is 5.58. The van der Waals surface area contributed by atoms with Gasteiger partial charge in [-0.25, -0.2) is 4.98 Å². The lowest BCUT2D eigenvalue weighted by molar-refractivity contribution is 0.0936. The van der Waals surface area contributed by atoms with Crippen molar-refractivity contribution >= 4 is 5.91 Å². The number of carbonyl (C=O) groups excluding carboxylic acids is 1. The number of aromatic amines is 1. The standard InChI is InChI=1S/C24H25N3O3/c1-30-20-12-10-16(11-13-20)21(26-24(29)18-6-3-2-4-7-18)14-19-15-22(28)27-23(25-19)17-8-5-9-17/h2-4,6-7,10-13,15,17,21H,5,8-9,14H2,1H3,(H,26,29)(H,25,27,28)/t21-/m1/s1. The lowest BCUT2D eigenvalue weighted by atomic mass is 9.85. The highest BCUT2D eigenvalue weighted by molar-refractivity contribution is 5.94. The normalized spacial score (nSPS) is 14.6. The number of nitrogens with zero attached hydrogens (tertiary/aromatic N) is 1. The number of ether oxygens (including phenoxy) is 1. The van der Waals surface area contributed by atoms with Crippen LogP contribution in [0.4, 0.5) is 0 Å². The van der Waals surface area contributed by atoms with Crippen LogP contribution in [-0.4, -0.2) is 23.0 Å². The Kier molecular flexibility index (Phi) is 5.93. The lowest BCUT2D eigenvalue weighted by Crippen LogP contribution is -2.31. The van der Waals surface area contributed by atoms with Crippen LogP contribution in [0.25, 0.3) is 0 Å². The summed E-state index contributed by atoms with van der Waals surface area (Å²) in [5.74, 6) is 1.66. The number of methoxy groups -OCH3 is 1. The molecule has 2 aromatic carbocycles. The van der Waals surface area contributed by atoms with Crippen LogP contribution in [0.3, 0.4) is 0 Å². The Balaban J connectivity index is 1.62. The summed E-state index contributed by atoms with van der Waals surface area (Å²) in [6, 6.07) is 17.9. The summed E-state index contributed by atoms with van der Waals surface area (Å²) in [5.41, 5.74) is 2.04. The van der Waals surface area contributed by atoms with E-state index >= 15 is 0 Å². The van der Waals surface area contributed by atoms with E-state index in [0.717, 1.165) is 30.0 Å². The average molecular weight is 403 g/mol. The highest BCUT2D eigenvalue weighted by Crippen LogP contribution is 2.34. The fraction of sp³-hybridized carbons (Fsp3) is 0.292. The number of benzene rings is 2. The van der Waals surface area contributed by atoms with E-state index < -0.39 is 0 Å². The minimum atomic E-state index is -0.327. The number of H-pyrrole nitrogens is 1. The third-order valence-corrected chi connectivity index (χ3v) is 5.58. The predicted octanol–water partition coefficient (Wildman–Crippen LogP) is 3.76. The molecule has 1 heterocycles. The summed E-state index contributed by atoms with van der Waals surface area (Å²) in [4.78, 5) is 32.6. The van der Waals surface area contributed by atoms with Crippen LogP contribution in [0.1, 0.15) is 58.7 Å². The van der Waals surface area contributed by atoms with Gasteiger partial charge in [-0.15, -0.1) is 0 Å². The molecule has 30 heavy (non-hydrogen) atoms. The van der Waals surface area contributed by atoms with E-state index in [2.05, 4.69) is 10.3 Å². The van der Waals surface area contributed by atoms with Crippen molar-refractivity contribution in [1.29, 1.82) is 0 Å². The molecule has 0 unspecified atom stereocenters. The van der Waals surface area contributed by atoms with E-state index in [-0.39, 0.29) is 17.5 Å². The number of hydrogen-bond acceptors (Lipinski definition) is 4. The van der Waals surface area contributed by atoms with Gasteiger partial charge in [0.1, 0.15) is 11.6 Å². The predicted molar refractivity (Wildman–Crippen MR) is 115 cm³/mol. The summed E-state index contributed by atoms with van der Waals surface area (Å²) >= 11 is 0. The SMILES string of the molecule is COc1ccc([C@@H](Cc2cc(=O)[nH]c(C3CCC3)n2)NC(=O)c2ccccc2)cc1. The Morgan fingerprint density at radius 1 is 1.17 bits per heavy atom. The van der Waals surface area contributed by atoms with Crippen LogP contribution in [0.15, 0.2) is 65.5 Å². The van der Waals surface area contributed by atoms with Gasteiger partial charge in [-0.1, -0.05) is 36.8 Å². The highest BCUT2D eigenvalue weighted by Gasteiger charge is 2.23. The minimum absolute atomic E-state index is 0.148. The smallest absolute Gasteiger partial charge is 0.251 e. The van der Waals surface area contributed by atoms with Gasteiger partial charge in [-0.05, 0) is 42.7 Å². The van der Waals surface area contributed by atoms with Crippen molar-refractivity contribution in [3.8, 4) is 5.75 Å². The largest absolute Gasteiger partial charge is 0.497 e. The third kappa shape index (κ3) is 4.59. The lowest BCUT2D eigenvalue weighted by Gasteiger charge is -2.25. The molecule has 154 valence electrons. The molecule has 0 bridgehead atoms. The molecule has 1 aromatic heterocycles. The molecule has 0 saturated heterocycles. The molecule has 1 aliphatic carbocycles. The van der Waals surface area contributed by atoms with E-state index in [1.807, 2.05) is 42.5 Å². The molecular formula is C24H25N3O3. The van der Waals surface area contributed by atoms with Gasteiger partial charge in [0.15, 0.2) is 0 Å². The first-order valence-corrected chi connectivity index (χ1v) is 10.2. The van der Waals surface area contributed by atoms with Gasteiger partial charge in [-0.2, -0.15) is 0 Å². The fourth-order valence-corrected chi connectivity index (χ4v) is 3.64. The number of rotatable bonds is 7. The maximum absolute atomic E-state index is 12.8. The molecule has 0 aliphatic heterocycles. The highest BCUT2D eigenvalue weighted by atomic mass is 16.5. The molecule has 4 rings (SSSR count). The second-order valence-corrected chi connectivity index (χ2v) is 7.62. The zero-order valence-electron chi connectivity index (χ0n) is 16.9. The summed E-state index contributed by atoms with van der Waals surface area (Å²) < 4.78 is 5.25. The molecule has 0 radical (unpaired) electrons. The maximum Gasteiger partial charge on any atom is 0.251 e. The number of aromatic nitrogens is 2. The summed E-state index contributed by atoms with van der Waals surface area (Å²) in [5, 5.41) is 3.10. The van der Waals surface area contributed by atoms with E-state index in [1.165, 1.54) is 12.5 Å². The molecular weight excluding hydrogens is 378 g/mol. The molecule has 3 aromatic rings. The average Bonchev–Trinajstić information content (AvgIpc) is 2.72. The van der Waals surface area contributed by atoms with Gasteiger partial charge in [0.25, 0.3) is 11.5 Å². The topological polar surface area (TPSA) is 84.1 Å². The molecule has 0 spiro atoms. The van der Waals surface area contributed by atoms with Crippen molar-refractivity contribution in [3.63, 3.8) is 0 Å². The van der Waals surface area contributed by atoms with Crippen LogP contribution in [-0.2, 0) is 6.42 Å². The number of hydrogen-bond donors (Lipinski definition) is 2. The first-order valence-electron chi connectivity index (χ1n) is 10.2. The van der Waals surface area contributed by atoms with Crippen molar-refractivity contribution in [1.82, 2.24) is 15.3 Å². The summed E-state index contributed by atoms with van der Waals surface area (Å²) in [7, 11) is 1.62. The molecule has 1 atom stereocenters. The van der Waals surface area contributed by atoms with Gasteiger partial charge in [-0.3, -0.25) is 9.59 Å². The Labute approximate surface area is 175 Å². The van der Waals surface area contributed by atoms with E-state index in [9.17, 15) is 9.59 Å². The monoisotopic (exact) mass is 403 g/mol. The molecule has 1 fully saturated rings. The Bertz CT molecular complexity index is 1060. The molecule has 2 N–H and O–H groups in total. The first kappa shape index (κ1) is 19.9. The van der Waals surface area contributed by atoms with Crippen LogP contribution in [0.2, 0.25) is 0 Å². The van der Waals surface area contributed by atoms with Crippen LogP contribution >= 0.6 is 0 Å². The van der Waals surface area contributed by atoms with Crippen LogP contribution in [0, 0.1) is 0 Å². The van der Waals surface area contributed by atoms with E-state index in [0.29, 0.717) is 23.6 Å². The van der Waals surface area contributed by atoms with Crippen molar-refractivity contribution in [2.75, 3.05) is 7.11 Å². The molecule has 6 heteroatoms. The molecule has 1 aliphatic rings. The summed E-state index contributed by atoms with van der Waals surface area (Å²) in [6.07, 6.45) is 3.70. The number of nitrogens with one attached hydrogen (secondary N) is 2. The van der Waals surface area contributed by atoms with Gasteiger partial charge in [0, 0.05) is 24.0 Å². The first-order chi connectivity index (χ1) is 14.6. The van der Waals surface area contributed by atoms with Crippen LogP contribution < -0.4 is 15.6 Å². The van der Waals surface area contributed by atoms with E-state index in [4.69, 9.17) is 9.72 Å². The minimum Gasteiger partial charge on any atom is -0.497 e. The Morgan fingerprint density at radius 3 is 2.53 bits per heavy atom. The van der Waals surface area contributed by atoms with Gasteiger partial charge >= 0.3 is 0 Å². The van der Waals surface area contributed by atoms with Gasteiger partial charge < -0.3 is 15.0 Å². The van der Waals surface area contributed by atoms with Crippen molar-refractivity contribution in [3.05, 3.63) is 93.7 Å². The second-order valence-electron chi connectivity index (χ2n) is 7.62. The number of amides is 1. The zero-order valence-corrected chi connectivity index (χ0v) is 16.9. The Hall–Kier alpha value is -3.41. The fourth-order valence-electron chi connectivity index (χ4n) is 3.64. The van der Waals surface area contributed by atoms with Gasteiger partial charge in [0.2, 0.25) is 0 Å². The molecule has 1 saturated carbocycles. The number of carbonyl (C=O) groups is 1. The maximum atomic E-state index is 12.8. The summed E-state index contributed by atoms with van der Waals surface area (Å²) in [6.45, 7) is 0.